The van der Waals surface area contributed by atoms with Gasteiger partial charge in [-0.2, -0.15) is 0 Å². The number of likely N-dealkylation sites (tertiary alicyclic amines) is 1. The van der Waals surface area contributed by atoms with Crippen molar-refractivity contribution in [1.82, 2.24) is 15.5 Å². The molecule has 4 rings (SSSR count). The third kappa shape index (κ3) is 9.27. The van der Waals surface area contributed by atoms with Gasteiger partial charge in [0, 0.05) is 19.5 Å². The van der Waals surface area contributed by atoms with Crippen LogP contribution in [-0.4, -0.2) is 72.1 Å². The fourth-order valence-electron chi connectivity index (χ4n) is 5.41. The minimum absolute atomic E-state index is 0.0560. The van der Waals surface area contributed by atoms with Crippen LogP contribution in [0, 0.1) is 11.8 Å². The summed E-state index contributed by atoms with van der Waals surface area (Å²) < 4.78 is 5.68. The second-order valence-electron chi connectivity index (χ2n) is 11.1. The van der Waals surface area contributed by atoms with Gasteiger partial charge in [-0.05, 0) is 49.7 Å². The van der Waals surface area contributed by atoms with Gasteiger partial charge in [-0.1, -0.05) is 72.8 Å². The number of nitrogens with one attached hydrogen (secondary N) is 2. The summed E-state index contributed by atoms with van der Waals surface area (Å²) in [6, 6.07) is 17.9. The highest BCUT2D eigenvalue weighted by molar-refractivity contribution is 6.00. The van der Waals surface area contributed by atoms with E-state index in [1.807, 2.05) is 60.7 Å². The number of aliphatic hydroxyl groups is 1. The molecule has 1 saturated heterocycles. The number of aliphatic hydroxyl groups excluding tert-OH is 1. The van der Waals surface area contributed by atoms with E-state index in [-0.39, 0.29) is 38.4 Å². The van der Waals surface area contributed by atoms with Crippen LogP contribution in [0.3, 0.4) is 0 Å². The van der Waals surface area contributed by atoms with Crippen molar-refractivity contribution >= 4 is 23.7 Å². The van der Waals surface area contributed by atoms with Crippen molar-refractivity contribution in [2.45, 2.75) is 57.0 Å². The molecule has 4 atom stereocenters. The zero-order valence-electron chi connectivity index (χ0n) is 24.0. The molecule has 0 radical (unpaired) electrons. The van der Waals surface area contributed by atoms with E-state index < -0.39 is 41.7 Å². The van der Waals surface area contributed by atoms with Crippen LogP contribution in [0.4, 0.5) is 0 Å². The van der Waals surface area contributed by atoms with Crippen LogP contribution in [-0.2, 0) is 36.8 Å². The van der Waals surface area contributed by atoms with Gasteiger partial charge in [-0.15, -0.1) is 0 Å². The van der Waals surface area contributed by atoms with E-state index >= 15 is 0 Å². The molecule has 224 valence electrons. The van der Waals surface area contributed by atoms with Crippen molar-refractivity contribution < 1.29 is 29.0 Å². The van der Waals surface area contributed by atoms with Gasteiger partial charge in [0.1, 0.15) is 12.5 Å². The van der Waals surface area contributed by atoms with Crippen molar-refractivity contribution in [3.8, 4) is 0 Å². The number of esters is 1. The van der Waals surface area contributed by atoms with E-state index in [2.05, 4.69) is 10.6 Å². The Balaban J connectivity index is 1.50. The lowest BCUT2D eigenvalue weighted by Crippen LogP contribution is -2.50. The minimum atomic E-state index is -1.05. The molecule has 1 fully saturated rings. The Morgan fingerprint density at radius 1 is 0.952 bits per heavy atom. The third-order valence-corrected chi connectivity index (χ3v) is 7.79. The molecule has 42 heavy (non-hydrogen) atoms. The topological polar surface area (TPSA) is 125 Å². The quantitative estimate of drug-likeness (QED) is 0.240. The van der Waals surface area contributed by atoms with E-state index in [0.717, 1.165) is 24.0 Å². The Bertz CT molecular complexity index is 1210. The van der Waals surface area contributed by atoms with Crippen LogP contribution < -0.4 is 10.6 Å². The minimum Gasteiger partial charge on any atom is -0.463 e. The molecule has 0 bridgehead atoms. The second kappa shape index (κ2) is 15.9. The predicted octanol–water partition coefficient (Wildman–Crippen LogP) is 2.57. The molecular formula is C33H41N3O6. The third-order valence-electron chi connectivity index (χ3n) is 7.79. The molecule has 0 aromatic heterocycles. The molecule has 9 nitrogen and oxygen atoms in total. The Kier molecular flexibility index (Phi) is 11.7. The molecule has 2 aliphatic heterocycles. The zero-order chi connectivity index (χ0) is 29.7. The van der Waals surface area contributed by atoms with Gasteiger partial charge in [-0.3, -0.25) is 19.2 Å². The highest BCUT2D eigenvalue weighted by Gasteiger charge is 2.32. The van der Waals surface area contributed by atoms with Crippen molar-refractivity contribution in [3.63, 3.8) is 0 Å². The number of allylic oxidation sites excluding steroid dienone is 2. The van der Waals surface area contributed by atoms with Gasteiger partial charge in [0.25, 0.3) is 0 Å². The lowest BCUT2D eigenvalue weighted by molar-refractivity contribution is -0.152. The fourth-order valence-corrected chi connectivity index (χ4v) is 5.41. The molecule has 0 aliphatic carbocycles. The average Bonchev–Trinajstić information content (AvgIpc) is 3.54. The number of hydrogen-bond acceptors (Lipinski definition) is 6. The summed E-state index contributed by atoms with van der Waals surface area (Å²) in [5.41, 5.74) is 1.90. The van der Waals surface area contributed by atoms with E-state index in [0.29, 0.717) is 25.9 Å². The highest BCUT2D eigenvalue weighted by atomic mass is 16.5. The first-order valence-corrected chi connectivity index (χ1v) is 14.8. The molecule has 3 N–H and O–H groups in total. The molecule has 0 saturated carbocycles. The molecule has 2 aromatic rings. The first-order valence-electron chi connectivity index (χ1n) is 14.8. The van der Waals surface area contributed by atoms with Crippen molar-refractivity contribution in [2.75, 3.05) is 26.3 Å². The number of cyclic esters (lactones) is 1. The van der Waals surface area contributed by atoms with E-state index in [1.165, 1.54) is 0 Å². The van der Waals surface area contributed by atoms with E-state index in [9.17, 15) is 24.3 Å². The molecule has 0 spiro atoms. The first kappa shape index (κ1) is 31.0. The molecule has 2 heterocycles. The van der Waals surface area contributed by atoms with E-state index in [1.54, 1.807) is 17.1 Å². The van der Waals surface area contributed by atoms with Crippen LogP contribution in [0.2, 0.25) is 0 Å². The Labute approximate surface area is 247 Å². The second-order valence-corrected chi connectivity index (χ2v) is 11.1. The van der Waals surface area contributed by atoms with Gasteiger partial charge in [0.05, 0.1) is 24.6 Å². The number of amides is 3. The molecular weight excluding hydrogens is 534 g/mol. The SMILES string of the molecule is O=C1OCC(Cc2ccccc2)NC(=O)C(C(=O)N[C@@H](CO)Cc2ccccc2)CC=CCC1CC(=O)N1CCCC1. The Morgan fingerprint density at radius 3 is 2.26 bits per heavy atom. The van der Waals surface area contributed by atoms with Crippen LogP contribution in [0.1, 0.15) is 43.2 Å². The standard InChI is InChI=1S/C33H41N3O6/c37-22-27(19-24-11-3-1-4-12-24)34-31(39)29-16-8-7-15-26(21-30(38)36-17-9-10-18-36)33(41)42-23-28(35-32(29)40)20-25-13-5-2-6-14-25/h1-8,11-14,26-29,37H,9-10,15-23H2,(H,34,39)(H,35,40)/t26?,27-,28?,29?/m1/s1. The normalized spacial score (nSPS) is 22.3. The fraction of sp³-hybridized carbons (Fsp3) is 0.455. The number of nitrogens with zero attached hydrogens (tertiary/aromatic N) is 1. The zero-order valence-corrected chi connectivity index (χ0v) is 24.0. The molecule has 2 aromatic carbocycles. The summed E-state index contributed by atoms with van der Waals surface area (Å²) in [4.78, 5) is 54.6. The number of carbonyl (C=O) groups excluding carboxylic acids is 4. The molecule has 2 aliphatic rings. The monoisotopic (exact) mass is 575 g/mol. The molecule has 3 unspecified atom stereocenters. The summed E-state index contributed by atoms with van der Waals surface area (Å²) >= 11 is 0. The Hall–Kier alpha value is -3.98. The first-order chi connectivity index (χ1) is 20.4. The van der Waals surface area contributed by atoms with Crippen molar-refractivity contribution in [1.29, 1.82) is 0 Å². The summed E-state index contributed by atoms with van der Waals surface area (Å²) in [6.07, 6.45) is 6.64. The number of carbonyl (C=O) groups is 4. The maximum atomic E-state index is 13.5. The maximum Gasteiger partial charge on any atom is 0.309 e. The van der Waals surface area contributed by atoms with Crippen molar-refractivity contribution in [3.05, 3.63) is 83.9 Å². The van der Waals surface area contributed by atoms with Crippen LogP contribution in [0.5, 0.6) is 0 Å². The number of rotatable bonds is 9. The summed E-state index contributed by atoms with van der Waals surface area (Å²) in [5, 5.41) is 15.7. The predicted molar refractivity (Wildman–Crippen MR) is 158 cm³/mol. The van der Waals surface area contributed by atoms with Gasteiger partial charge in [0.15, 0.2) is 0 Å². The average molecular weight is 576 g/mol. The van der Waals surface area contributed by atoms with Crippen LogP contribution >= 0.6 is 0 Å². The number of ether oxygens (including phenoxy) is 1. The molecule has 3 amide bonds. The van der Waals surface area contributed by atoms with Gasteiger partial charge < -0.3 is 25.4 Å². The Morgan fingerprint density at radius 2 is 1.60 bits per heavy atom. The lowest BCUT2D eigenvalue weighted by atomic mass is 9.96. The number of hydrogen-bond donors (Lipinski definition) is 3. The smallest absolute Gasteiger partial charge is 0.309 e. The van der Waals surface area contributed by atoms with Crippen LogP contribution in [0.15, 0.2) is 72.8 Å². The highest BCUT2D eigenvalue weighted by Crippen LogP contribution is 2.19. The van der Waals surface area contributed by atoms with Gasteiger partial charge in [0.2, 0.25) is 17.7 Å². The molecule has 9 heteroatoms. The van der Waals surface area contributed by atoms with Crippen molar-refractivity contribution in [2.24, 2.45) is 11.8 Å². The summed E-state index contributed by atoms with van der Waals surface area (Å²) in [7, 11) is 0. The van der Waals surface area contributed by atoms with E-state index in [4.69, 9.17) is 4.74 Å². The van der Waals surface area contributed by atoms with Gasteiger partial charge in [-0.25, -0.2) is 0 Å². The number of benzene rings is 2. The van der Waals surface area contributed by atoms with Crippen LogP contribution in [0.25, 0.3) is 0 Å². The lowest BCUT2D eigenvalue weighted by Gasteiger charge is -2.25. The van der Waals surface area contributed by atoms with Gasteiger partial charge >= 0.3 is 5.97 Å². The maximum absolute atomic E-state index is 13.5. The summed E-state index contributed by atoms with van der Waals surface area (Å²) in [6.45, 7) is 1.05. The largest absolute Gasteiger partial charge is 0.463 e. The summed E-state index contributed by atoms with van der Waals surface area (Å²) in [5.74, 6) is -3.20.